The summed E-state index contributed by atoms with van der Waals surface area (Å²) in [6.45, 7) is 1.91. The molecule has 0 radical (unpaired) electrons. The Morgan fingerprint density at radius 3 is 2.31 bits per heavy atom. The van der Waals surface area contributed by atoms with Gasteiger partial charge >= 0.3 is 0 Å². The van der Waals surface area contributed by atoms with Gasteiger partial charge in [0.1, 0.15) is 11.5 Å². The second-order valence-electron chi connectivity index (χ2n) is 6.41. The molecule has 1 fully saturated rings. The largest absolute Gasteiger partial charge is 0.497 e. The third-order valence-corrected chi connectivity index (χ3v) is 4.84. The molecule has 1 saturated heterocycles. The van der Waals surface area contributed by atoms with E-state index in [4.69, 9.17) is 14.2 Å². The molecule has 1 aromatic heterocycles. The van der Waals surface area contributed by atoms with Gasteiger partial charge in [-0.1, -0.05) is 0 Å². The van der Waals surface area contributed by atoms with E-state index in [1.807, 2.05) is 17.0 Å². The number of nitrogens with zero attached hydrogens (tertiary/aromatic N) is 2. The number of hydrogen-bond donors (Lipinski definition) is 0. The molecule has 2 atom stereocenters. The van der Waals surface area contributed by atoms with Crippen LogP contribution >= 0.6 is 0 Å². The van der Waals surface area contributed by atoms with Gasteiger partial charge in [0.25, 0.3) is 5.91 Å². The summed E-state index contributed by atoms with van der Waals surface area (Å²) in [5.74, 6) is 1.66. The SMILES string of the molecule is COCC1CN(C(=O)c2cc(OC)cc(OC)c2)CC1c1ccncc1. The minimum absolute atomic E-state index is 0.0279. The highest BCUT2D eigenvalue weighted by Gasteiger charge is 2.36. The van der Waals surface area contributed by atoms with E-state index in [1.54, 1.807) is 51.9 Å². The number of hydrogen-bond acceptors (Lipinski definition) is 5. The van der Waals surface area contributed by atoms with Gasteiger partial charge in [-0.3, -0.25) is 9.78 Å². The normalized spacial score (nSPS) is 19.4. The zero-order valence-corrected chi connectivity index (χ0v) is 15.3. The maximum atomic E-state index is 13.1. The number of methoxy groups -OCH3 is 3. The minimum atomic E-state index is -0.0279. The Labute approximate surface area is 153 Å². The van der Waals surface area contributed by atoms with Gasteiger partial charge in [0.2, 0.25) is 0 Å². The molecular formula is C20H24N2O4. The van der Waals surface area contributed by atoms with E-state index in [0.717, 1.165) is 0 Å². The van der Waals surface area contributed by atoms with Crippen LogP contribution in [0.4, 0.5) is 0 Å². The molecule has 0 spiro atoms. The van der Waals surface area contributed by atoms with Crippen molar-refractivity contribution >= 4 is 5.91 Å². The Hall–Kier alpha value is -2.60. The van der Waals surface area contributed by atoms with Crippen molar-refractivity contribution in [3.63, 3.8) is 0 Å². The number of likely N-dealkylation sites (tertiary alicyclic amines) is 1. The van der Waals surface area contributed by atoms with Crippen molar-refractivity contribution in [2.24, 2.45) is 5.92 Å². The van der Waals surface area contributed by atoms with Gasteiger partial charge in [-0.2, -0.15) is 0 Å². The van der Waals surface area contributed by atoms with Gasteiger partial charge in [-0.05, 0) is 29.8 Å². The molecule has 0 N–H and O–H groups in total. The molecule has 1 aliphatic rings. The number of ether oxygens (including phenoxy) is 3. The first-order valence-electron chi connectivity index (χ1n) is 8.57. The maximum Gasteiger partial charge on any atom is 0.254 e. The van der Waals surface area contributed by atoms with Crippen LogP contribution in [0.15, 0.2) is 42.7 Å². The Morgan fingerprint density at radius 1 is 1.08 bits per heavy atom. The molecule has 26 heavy (non-hydrogen) atoms. The van der Waals surface area contributed by atoms with Crippen LogP contribution in [0.1, 0.15) is 21.8 Å². The molecule has 1 amide bonds. The molecule has 1 aliphatic heterocycles. The average molecular weight is 356 g/mol. The standard InChI is InChI=1S/C20H24N2O4/c1-24-13-16-11-22(12-19(16)14-4-6-21-7-5-14)20(23)15-8-17(25-2)10-18(9-15)26-3/h4-10,16,19H,11-13H2,1-3H3. The molecule has 0 aliphatic carbocycles. The molecule has 1 aromatic carbocycles. The summed E-state index contributed by atoms with van der Waals surface area (Å²) in [4.78, 5) is 19.0. The molecule has 2 aromatic rings. The Balaban J connectivity index is 1.84. The number of amides is 1. The first-order valence-corrected chi connectivity index (χ1v) is 8.57. The van der Waals surface area contributed by atoms with Crippen molar-refractivity contribution in [1.82, 2.24) is 9.88 Å². The van der Waals surface area contributed by atoms with Crippen LogP contribution in [0.25, 0.3) is 0 Å². The maximum absolute atomic E-state index is 13.1. The second kappa shape index (κ2) is 8.19. The van der Waals surface area contributed by atoms with E-state index in [0.29, 0.717) is 36.8 Å². The van der Waals surface area contributed by atoms with E-state index >= 15 is 0 Å². The van der Waals surface area contributed by atoms with Gasteiger partial charge in [0.05, 0.1) is 20.8 Å². The molecule has 6 nitrogen and oxygen atoms in total. The van der Waals surface area contributed by atoms with Gasteiger partial charge < -0.3 is 19.1 Å². The first-order chi connectivity index (χ1) is 12.7. The fourth-order valence-electron chi connectivity index (χ4n) is 3.52. The quantitative estimate of drug-likeness (QED) is 0.796. The highest BCUT2D eigenvalue weighted by Crippen LogP contribution is 2.34. The van der Waals surface area contributed by atoms with Crippen molar-refractivity contribution < 1.29 is 19.0 Å². The van der Waals surface area contributed by atoms with Crippen LogP contribution in [0.2, 0.25) is 0 Å². The lowest BCUT2D eigenvalue weighted by molar-refractivity contribution is 0.0774. The summed E-state index contributed by atoms with van der Waals surface area (Å²) in [5, 5.41) is 0. The fourth-order valence-corrected chi connectivity index (χ4v) is 3.52. The molecule has 0 bridgehead atoms. The molecule has 2 unspecified atom stereocenters. The summed E-state index contributed by atoms with van der Waals surface area (Å²) in [5.41, 5.74) is 1.74. The van der Waals surface area contributed by atoms with Crippen LogP contribution < -0.4 is 9.47 Å². The van der Waals surface area contributed by atoms with Gasteiger partial charge in [-0.15, -0.1) is 0 Å². The summed E-state index contributed by atoms with van der Waals surface area (Å²) in [6, 6.07) is 9.27. The third kappa shape index (κ3) is 3.80. The van der Waals surface area contributed by atoms with Crippen LogP contribution in [0.3, 0.4) is 0 Å². The number of aromatic nitrogens is 1. The van der Waals surface area contributed by atoms with Crippen LogP contribution in [0, 0.1) is 5.92 Å². The molecule has 2 heterocycles. The number of carbonyl (C=O) groups excluding carboxylic acids is 1. The van der Waals surface area contributed by atoms with Crippen LogP contribution in [-0.2, 0) is 4.74 Å². The predicted octanol–water partition coefficient (Wildman–Crippen LogP) is 2.60. The monoisotopic (exact) mass is 356 g/mol. The van der Waals surface area contributed by atoms with E-state index in [9.17, 15) is 4.79 Å². The van der Waals surface area contributed by atoms with Crippen molar-refractivity contribution in [1.29, 1.82) is 0 Å². The third-order valence-electron chi connectivity index (χ3n) is 4.84. The number of pyridine rings is 1. The highest BCUT2D eigenvalue weighted by molar-refractivity contribution is 5.95. The lowest BCUT2D eigenvalue weighted by Crippen LogP contribution is -2.29. The second-order valence-corrected chi connectivity index (χ2v) is 6.41. The van der Waals surface area contributed by atoms with Gasteiger partial charge in [0.15, 0.2) is 0 Å². The topological polar surface area (TPSA) is 60.9 Å². The van der Waals surface area contributed by atoms with Crippen LogP contribution in [0.5, 0.6) is 11.5 Å². The summed E-state index contributed by atoms with van der Waals surface area (Å²) < 4.78 is 16.0. The summed E-state index contributed by atoms with van der Waals surface area (Å²) >= 11 is 0. The molecule has 6 heteroatoms. The van der Waals surface area contributed by atoms with Crippen molar-refractivity contribution in [3.05, 3.63) is 53.9 Å². The van der Waals surface area contributed by atoms with E-state index in [-0.39, 0.29) is 17.7 Å². The lowest BCUT2D eigenvalue weighted by Gasteiger charge is -2.17. The van der Waals surface area contributed by atoms with Crippen LogP contribution in [-0.4, -0.2) is 56.8 Å². The number of carbonyl (C=O) groups is 1. The zero-order chi connectivity index (χ0) is 18.5. The molecule has 3 rings (SSSR count). The van der Waals surface area contributed by atoms with Crippen molar-refractivity contribution in [2.45, 2.75) is 5.92 Å². The smallest absolute Gasteiger partial charge is 0.254 e. The lowest BCUT2D eigenvalue weighted by atomic mass is 9.90. The first kappa shape index (κ1) is 18.2. The minimum Gasteiger partial charge on any atom is -0.497 e. The predicted molar refractivity (Wildman–Crippen MR) is 97.8 cm³/mol. The van der Waals surface area contributed by atoms with E-state index < -0.39 is 0 Å². The Bertz CT molecular complexity index is 728. The summed E-state index contributed by atoms with van der Waals surface area (Å²) in [6.07, 6.45) is 3.58. The molecule has 138 valence electrons. The van der Waals surface area contributed by atoms with E-state index in [2.05, 4.69) is 4.98 Å². The zero-order valence-electron chi connectivity index (χ0n) is 15.3. The van der Waals surface area contributed by atoms with Gasteiger partial charge in [0, 0.05) is 56.1 Å². The summed E-state index contributed by atoms with van der Waals surface area (Å²) in [7, 11) is 4.85. The van der Waals surface area contributed by atoms with E-state index in [1.165, 1.54) is 5.56 Å². The van der Waals surface area contributed by atoms with Crippen molar-refractivity contribution in [3.8, 4) is 11.5 Å². The molecular weight excluding hydrogens is 332 g/mol. The van der Waals surface area contributed by atoms with Crippen molar-refractivity contribution in [2.75, 3.05) is 41.0 Å². The van der Waals surface area contributed by atoms with Gasteiger partial charge in [-0.25, -0.2) is 0 Å². The highest BCUT2D eigenvalue weighted by atomic mass is 16.5. The molecule has 0 saturated carbocycles. The average Bonchev–Trinajstić information content (AvgIpc) is 3.11. The number of benzene rings is 1. The Kier molecular flexibility index (Phi) is 5.73. The number of rotatable bonds is 6. The Morgan fingerprint density at radius 2 is 1.73 bits per heavy atom. The fraction of sp³-hybridized carbons (Fsp3) is 0.400.